The molecular weight excluding hydrogens is 461 g/mol. The lowest BCUT2D eigenvalue weighted by Crippen LogP contribution is -2.67. The van der Waals surface area contributed by atoms with Crippen molar-refractivity contribution < 1.29 is 18.0 Å². The van der Waals surface area contributed by atoms with Crippen LogP contribution in [0.25, 0.3) is 0 Å². The molecule has 0 radical (unpaired) electrons. The number of anilines is 1. The predicted octanol–water partition coefficient (Wildman–Crippen LogP) is 2.87. The van der Waals surface area contributed by atoms with E-state index in [1.807, 2.05) is 9.80 Å². The molecule has 1 spiro atoms. The van der Waals surface area contributed by atoms with E-state index in [2.05, 4.69) is 25.1 Å². The first kappa shape index (κ1) is 21.4. The van der Waals surface area contributed by atoms with Crippen LogP contribution in [-0.2, 0) is 0 Å². The van der Waals surface area contributed by atoms with Crippen molar-refractivity contribution in [1.29, 1.82) is 0 Å². The Morgan fingerprint density at radius 2 is 1.54 bits per heavy atom. The standard InChI is InChI=1S/C23H27F3N8O/c24-23(25,26)17-9-32(10-17)20-27-5-15(6-28-20)16-7-33(8-16)21(35)34-11-22(12-34)3-14(4-22)19-29-18(30-31-19)13-1-2-13/h5-6,13-14,16-17H,1-4,7-12H2,(H,29,30,31). The number of likely N-dealkylation sites (tertiary alicyclic amines) is 2. The van der Waals surface area contributed by atoms with Gasteiger partial charge in [-0.2, -0.15) is 13.2 Å². The highest BCUT2D eigenvalue weighted by molar-refractivity contribution is 5.77. The van der Waals surface area contributed by atoms with Crippen LogP contribution >= 0.6 is 0 Å². The van der Waals surface area contributed by atoms with Crippen LogP contribution in [0.15, 0.2) is 12.4 Å². The number of urea groups is 1. The quantitative estimate of drug-likeness (QED) is 0.712. The van der Waals surface area contributed by atoms with Crippen molar-refractivity contribution in [3.63, 3.8) is 0 Å². The molecule has 2 saturated carbocycles. The first-order valence-corrected chi connectivity index (χ1v) is 12.4. The molecule has 12 heteroatoms. The maximum absolute atomic E-state index is 12.8. The predicted molar refractivity (Wildman–Crippen MR) is 118 cm³/mol. The van der Waals surface area contributed by atoms with Gasteiger partial charge in [0.15, 0.2) is 0 Å². The number of aromatic nitrogens is 5. The second kappa shape index (κ2) is 7.30. The number of carbonyl (C=O) groups excluding carboxylic acids is 1. The topological polar surface area (TPSA) is 94.1 Å². The molecule has 2 aromatic rings. The van der Waals surface area contributed by atoms with E-state index in [1.165, 1.54) is 17.7 Å². The minimum Gasteiger partial charge on any atom is -0.339 e. The molecular formula is C23H27F3N8O. The molecule has 0 unspecified atom stereocenters. The van der Waals surface area contributed by atoms with Crippen molar-refractivity contribution in [3.8, 4) is 0 Å². The summed E-state index contributed by atoms with van der Waals surface area (Å²) in [4.78, 5) is 30.1. The monoisotopic (exact) mass is 488 g/mol. The lowest BCUT2D eigenvalue weighted by Gasteiger charge is -2.59. The molecule has 2 aliphatic carbocycles. The molecule has 186 valence electrons. The third-order valence-corrected chi connectivity index (χ3v) is 8.46. The molecule has 7 rings (SSSR count). The Labute approximate surface area is 200 Å². The molecule has 3 saturated heterocycles. The van der Waals surface area contributed by atoms with E-state index in [0.29, 0.717) is 30.9 Å². The van der Waals surface area contributed by atoms with Crippen molar-refractivity contribution in [2.45, 2.75) is 49.6 Å². The van der Waals surface area contributed by atoms with E-state index < -0.39 is 12.1 Å². The van der Waals surface area contributed by atoms with Crippen LogP contribution in [0.4, 0.5) is 23.9 Å². The Balaban J connectivity index is 0.858. The van der Waals surface area contributed by atoms with Gasteiger partial charge in [0, 0.05) is 74.8 Å². The lowest BCUT2D eigenvalue weighted by atomic mass is 9.57. The van der Waals surface area contributed by atoms with Crippen LogP contribution in [0.2, 0.25) is 0 Å². The van der Waals surface area contributed by atoms with Crippen molar-refractivity contribution in [2.75, 3.05) is 44.2 Å². The second-order valence-corrected chi connectivity index (χ2v) is 11.2. The van der Waals surface area contributed by atoms with Gasteiger partial charge in [-0.15, -0.1) is 10.2 Å². The molecule has 9 nitrogen and oxygen atoms in total. The Hall–Kier alpha value is -2.92. The third-order valence-electron chi connectivity index (χ3n) is 8.46. The van der Waals surface area contributed by atoms with E-state index in [-0.39, 0.29) is 30.5 Å². The Kier molecular flexibility index (Phi) is 4.46. The fourth-order valence-electron chi connectivity index (χ4n) is 5.95. The first-order chi connectivity index (χ1) is 16.8. The number of hydrogen-bond donors (Lipinski definition) is 1. The lowest BCUT2D eigenvalue weighted by molar-refractivity contribution is -0.180. The van der Waals surface area contributed by atoms with Gasteiger partial charge in [-0.25, -0.2) is 14.8 Å². The van der Waals surface area contributed by atoms with Gasteiger partial charge in [0.25, 0.3) is 0 Å². The molecule has 5 fully saturated rings. The van der Waals surface area contributed by atoms with Gasteiger partial charge in [-0.1, -0.05) is 0 Å². The molecule has 5 aliphatic rings. The Bertz CT molecular complexity index is 1120. The summed E-state index contributed by atoms with van der Waals surface area (Å²) in [7, 11) is 0. The summed E-state index contributed by atoms with van der Waals surface area (Å²) in [6, 6.07) is 0.0855. The number of halogens is 3. The van der Waals surface area contributed by atoms with E-state index in [4.69, 9.17) is 0 Å². The number of nitrogens with zero attached hydrogens (tertiary/aromatic N) is 7. The normalized spacial score (nSPS) is 24.7. The largest absolute Gasteiger partial charge is 0.395 e. The highest BCUT2D eigenvalue weighted by Gasteiger charge is 2.56. The van der Waals surface area contributed by atoms with Gasteiger partial charge in [0.05, 0.1) is 5.92 Å². The summed E-state index contributed by atoms with van der Waals surface area (Å²) < 4.78 is 38.0. The molecule has 0 atom stereocenters. The number of nitrogens with one attached hydrogen (secondary N) is 1. The van der Waals surface area contributed by atoms with Crippen LogP contribution in [0, 0.1) is 11.3 Å². The van der Waals surface area contributed by atoms with Gasteiger partial charge in [0.1, 0.15) is 11.6 Å². The number of carbonyl (C=O) groups is 1. The van der Waals surface area contributed by atoms with Crippen LogP contribution in [0.5, 0.6) is 0 Å². The summed E-state index contributed by atoms with van der Waals surface area (Å²) in [6.07, 6.45) is 3.74. The SMILES string of the molecule is O=C(N1CC(c2cnc(N3CC(C(F)(F)F)C3)nc2)C1)N1CC2(CC(c3nnc(C4CC4)[nH]3)C2)C1. The van der Waals surface area contributed by atoms with Gasteiger partial charge in [0.2, 0.25) is 5.95 Å². The number of amides is 2. The number of H-pyrrole nitrogens is 1. The molecule has 2 amide bonds. The van der Waals surface area contributed by atoms with Crippen molar-refractivity contribution in [3.05, 3.63) is 29.6 Å². The molecule has 2 aromatic heterocycles. The van der Waals surface area contributed by atoms with Gasteiger partial charge in [-0.3, -0.25) is 0 Å². The molecule has 35 heavy (non-hydrogen) atoms. The highest BCUT2D eigenvalue weighted by Crippen LogP contribution is 2.56. The minimum atomic E-state index is -4.16. The average Bonchev–Trinajstić information content (AvgIpc) is 3.42. The maximum atomic E-state index is 12.8. The number of aromatic amines is 1. The van der Waals surface area contributed by atoms with Gasteiger partial charge < -0.3 is 19.7 Å². The highest BCUT2D eigenvalue weighted by atomic mass is 19.4. The minimum absolute atomic E-state index is 0.0855. The third kappa shape index (κ3) is 3.63. The molecule has 0 aromatic carbocycles. The summed E-state index contributed by atoms with van der Waals surface area (Å²) in [5.41, 5.74) is 1.16. The Morgan fingerprint density at radius 3 is 2.14 bits per heavy atom. The summed E-state index contributed by atoms with van der Waals surface area (Å²) in [5.74, 6) is 2.26. The molecule has 1 N–H and O–H groups in total. The van der Waals surface area contributed by atoms with Crippen molar-refractivity contribution in [1.82, 2.24) is 34.9 Å². The van der Waals surface area contributed by atoms with Crippen LogP contribution in [-0.4, -0.2) is 86.4 Å². The summed E-state index contributed by atoms with van der Waals surface area (Å²) in [6.45, 7) is 2.67. The van der Waals surface area contributed by atoms with Gasteiger partial charge >= 0.3 is 12.2 Å². The van der Waals surface area contributed by atoms with E-state index in [1.54, 1.807) is 12.4 Å². The second-order valence-electron chi connectivity index (χ2n) is 11.2. The van der Waals surface area contributed by atoms with Gasteiger partial charge in [-0.05, 0) is 31.2 Å². The number of hydrogen-bond acceptors (Lipinski definition) is 6. The van der Waals surface area contributed by atoms with E-state index >= 15 is 0 Å². The van der Waals surface area contributed by atoms with Crippen molar-refractivity contribution in [2.24, 2.45) is 11.3 Å². The van der Waals surface area contributed by atoms with Crippen LogP contribution in [0.3, 0.4) is 0 Å². The number of rotatable bonds is 4. The fraction of sp³-hybridized carbons (Fsp3) is 0.696. The maximum Gasteiger partial charge on any atom is 0.395 e. The van der Waals surface area contributed by atoms with Crippen LogP contribution in [0.1, 0.15) is 60.6 Å². The summed E-state index contributed by atoms with van der Waals surface area (Å²) in [5, 5.41) is 8.64. The van der Waals surface area contributed by atoms with Crippen LogP contribution < -0.4 is 4.90 Å². The van der Waals surface area contributed by atoms with Crippen molar-refractivity contribution >= 4 is 12.0 Å². The smallest absolute Gasteiger partial charge is 0.339 e. The zero-order valence-corrected chi connectivity index (χ0v) is 19.2. The van der Waals surface area contributed by atoms with E-state index in [9.17, 15) is 18.0 Å². The average molecular weight is 489 g/mol. The van der Waals surface area contributed by atoms with E-state index in [0.717, 1.165) is 43.1 Å². The Morgan fingerprint density at radius 1 is 0.914 bits per heavy atom. The molecule has 5 heterocycles. The molecule has 3 aliphatic heterocycles. The summed E-state index contributed by atoms with van der Waals surface area (Å²) >= 11 is 0. The number of alkyl halides is 3. The zero-order valence-electron chi connectivity index (χ0n) is 19.2. The first-order valence-electron chi connectivity index (χ1n) is 12.4. The fourth-order valence-corrected chi connectivity index (χ4v) is 5.95. The zero-order chi connectivity index (χ0) is 23.9. The molecule has 0 bridgehead atoms.